The smallest absolute Gasteiger partial charge is 0.0784 e. The minimum absolute atomic E-state index is 0.276. The van der Waals surface area contributed by atoms with E-state index in [-0.39, 0.29) is 10.0 Å². The van der Waals surface area contributed by atoms with E-state index in [2.05, 4.69) is 0 Å². The topological polar surface area (TPSA) is 0 Å². The molecule has 0 unspecified atom stereocenters. The molecule has 0 aliphatic heterocycles. The van der Waals surface area contributed by atoms with Crippen LogP contribution in [-0.4, -0.2) is 0 Å². The SMILES string of the molecule is Cl[13c]1[13cH][13cH][13c](-[13c]2[13cH][13cH][13c](Cl)[13c](Cl)[13c]2Cl)[13c](Cl)[13c]1Cl. The molecule has 2 rings (SSSR count). The molecule has 0 aliphatic rings. The average Bonchev–Trinajstić information content (AvgIpc) is 2.35. The Morgan fingerprint density at radius 3 is 1.11 bits per heavy atom. The first-order chi connectivity index (χ1) is 8.43. The number of hydrogen-bond acceptors (Lipinski definition) is 0. The van der Waals surface area contributed by atoms with E-state index < -0.39 is 0 Å². The number of benzene rings is 2. The second-order valence-electron chi connectivity index (χ2n) is 3.45. The van der Waals surface area contributed by atoms with Gasteiger partial charge in [0.05, 0.1) is 30.1 Å². The lowest BCUT2D eigenvalue weighted by Gasteiger charge is -2.11. The third kappa shape index (κ3) is 2.56. The van der Waals surface area contributed by atoms with Crippen molar-refractivity contribution >= 4 is 69.6 Å². The standard InChI is InChI=1S/C12H4Cl6/c13-7-3-1-5(9(15)11(7)17)6-2-4-8(14)12(18)10(6)16/h1-4H/i1+1,2+1,3+1,4+1,5+1,6+1,7+1,8+1,9+1,10+1,11+1,12+1. The molecule has 0 radical (unpaired) electrons. The molecule has 6 heteroatoms. The van der Waals surface area contributed by atoms with Gasteiger partial charge in [0.1, 0.15) is 0 Å². The maximum absolute atomic E-state index is 6.15. The molecule has 0 nitrogen and oxygen atoms in total. The van der Waals surface area contributed by atoms with Gasteiger partial charge in [0.25, 0.3) is 0 Å². The second kappa shape index (κ2) is 5.66. The third-order valence-corrected chi connectivity index (χ3v) is 4.95. The van der Waals surface area contributed by atoms with Crippen LogP contribution in [0.15, 0.2) is 24.3 Å². The Morgan fingerprint density at radius 2 is 0.778 bits per heavy atom. The fraction of sp³-hybridized carbons (Fsp3) is 0. The Hall–Kier alpha value is 0.180. The van der Waals surface area contributed by atoms with Gasteiger partial charge in [-0.05, 0) is 12.1 Å². The molecule has 0 N–H and O–H groups in total. The normalized spacial score (nSPS) is 10.8. The van der Waals surface area contributed by atoms with E-state index in [0.29, 0.717) is 31.2 Å². The summed E-state index contributed by atoms with van der Waals surface area (Å²) in [6.07, 6.45) is 0. The lowest BCUT2D eigenvalue weighted by atomic mass is 11.0. The summed E-state index contributed by atoms with van der Waals surface area (Å²) in [5, 5.41) is 1.95. The summed E-state index contributed by atoms with van der Waals surface area (Å²) in [5.41, 5.74) is 1.30. The summed E-state index contributed by atoms with van der Waals surface area (Å²) in [7, 11) is 0. The molecule has 0 bridgehead atoms. The van der Waals surface area contributed by atoms with Crippen molar-refractivity contribution in [2.24, 2.45) is 0 Å². The van der Waals surface area contributed by atoms with Crippen LogP contribution in [0.5, 0.6) is 0 Å². The molecule has 0 spiro atoms. The first-order valence-electron chi connectivity index (χ1n) is 4.71. The lowest BCUT2D eigenvalue weighted by Crippen LogP contribution is -1.85. The van der Waals surface area contributed by atoms with Crippen LogP contribution >= 0.6 is 69.6 Å². The molecule has 2 aromatic carbocycles. The summed E-state index contributed by atoms with van der Waals surface area (Å²) in [6, 6.07) is 6.73. The van der Waals surface area contributed by atoms with Crippen molar-refractivity contribution in [1.82, 2.24) is 0 Å². The number of hydrogen-bond donors (Lipinski definition) is 0. The van der Waals surface area contributed by atoms with Crippen LogP contribution in [-0.2, 0) is 0 Å². The molecule has 0 heterocycles. The van der Waals surface area contributed by atoms with E-state index in [4.69, 9.17) is 69.6 Å². The van der Waals surface area contributed by atoms with Crippen molar-refractivity contribution in [1.29, 1.82) is 0 Å². The highest BCUT2D eigenvalue weighted by molar-refractivity contribution is 6.51. The molecule has 2 aromatic rings. The van der Waals surface area contributed by atoms with E-state index >= 15 is 0 Å². The van der Waals surface area contributed by atoms with E-state index in [1.54, 1.807) is 24.3 Å². The van der Waals surface area contributed by atoms with E-state index in [0.717, 1.165) is 0 Å². The van der Waals surface area contributed by atoms with Gasteiger partial charge < -0.3 is 0 Å². The third-order valence-electron chi connectivity index (χ3n) is 2.36. The van der Waals surface area contributed by atoms with Crippen LogP contribution in [0.3, 0.4) is 0 Å². The van der Waals surface area contributed by atoms with Crippen molar-refractivity contribution in [3.8, 4) is 11.1 Å². The Balaban J connectivity index is 2.71. The predicted molar refractivity (Wildman–Crippen MR) is 81.9 cm³/mol. The van der Waals surface area contributed by atoms with Crippen LogP contribution in [0.2, 0.25) is 30.1 Å². The van der Waals surface area contributed by atoms with Gasteiger partial charge in [-0.15, -0.1) is 0 Å². The van der Waals surface area contributed by atoms with Gasteiger partial charge in [0.15, 0.2) is 0 Å². The summed E-state index contributed by atoms with van der Waals surface area (Å²) in [5.74, 6) is 0. The molecule has 0 saturated heterocycles. The number of halogens is 6. The fourth-order valence-electron chi connectivity index (χ4n) is 1.47. The van der Waals surface area contributed by atoms with Gasteiger partial charge in [0.2, 0.25) is 0 Å². The van der Waals surface area contributed by atoms with Gasteiger partial charge in [0, 0.05) is 11.1 Å². The minimum Gasteiger partial charge on any atom is -0.0827 e. The maximum Gasteiger partial charge on any atom is 0.0784 e. The van der Waals surface area contributed by atoms with Crippen molar-refractivity contribution in [3.05, 3.63) is 54.4 Å². The molecular weight excluding hydrogens is 369 g/mol. The molecule has 0 atom stereocenters. The van der Waals surface area contributed by atoms with Gasteiger partial charge >= 0.3 is 0 Å². The molecule has 0 fully saturated rings. The summed E-state index contributed by atoms with van der Waals surface area (Å²) < 4.78 is 0. The maximum atomic E-state index is 6.15. The van der Waals surface area contributed by atoms with Crippen molar-refractivity contribution in [3.63, 3.8) is 0 Å². The Labute approximate surface area is 134 Å². The van der Waals surface area contributed by atoms with Gasteiger partial charge in [-0.1, -0.05) is 81.7 Å². The van der Waals surface area contributed by atoms with Crippen molar-refractivity contribution < 1.29 is 0 Å². The van der Waals surface area contributed by atoms with E-state index in [1.165, 1.54) is 0 Å². The largest absolute Gasteiger partial charge is 0.0827 e. The quantitative estimate of drug-likeness (QED) is 0.461. The Morgan fingerprint density at radius 1 is 0.444 bits per heavy atom. The average molecular weight is 373 g/mol. The molecule has 18 heavy (non-hydrogen) atoms. The molecule has 0 aromatic heterocycles. The van der Waals surface area contributed by atoms with Crippen LogP contribution in [0.4, 0.5) is 0 Å². The molecule has 0 aliphatic carbocycles. The Kier molecular flexibility index (Phi) is 4.59. The van der Waals surface area contributed by atoms with Crippen molar-refractivity contribution in [2.75, 3.05) is 0 Å². The van der Waals surface area contributed by atoms with Crippen molar-refractivity contribution in [2.45, 2.75) is 0 Å². The zero-order valence-corrected chi connectivity index (χ0v) is 13.1. The van der Waals surface area contributed by atoms with Gasteiger partial charge in [-0.25, -0.2) is 0 Å². The highest BCUT2D eigenvalue weighted by atomic mass is 35.5. The van der Waals surface area contributed by atoms with Crippen LogP contribution < -0.4 is 0 Å². The molecular formula is C12H4Cl6. The summed E-state index contributed by atoms with van der Waals surface area (Å²) in [4.78, 5) is 0. The van der Waals surface area contributed by atoms with Crippen LogP contribution in [0.1, 0.15) is 0 Å². The van der Waals surface area contributed by atoms with Crippen LogP contribution in [0, 0.1) is 0 Å². The second-order valence-corrected chi connectivity index (χ2v) is 5.77. The fourth-order valence-corrected chi connectivity index (χ4v) is 2.74. The highest BCUT2D eigenvalue weighted by Crippen LogP contribution is 2.43. The Bertz CT molecular complexity index is 565. The molecule has 0 saturated carbocycles. The van der Waals surface area contributed by atoms with Crippen LogP contribution in [0.25, 0.3) is 11.1 Å². The number of rotatable bonds is 1. The zero-order chi connectivity index (χ0) is 13.4. The minimum atomic E-state index is 0.276. The lowest BCUT2D eigenvalue weighted by molar-refractivity contribution is 1.61. The molecule has 0 amide bonds. The van der Waals surface area contributed by atoms with E-state index in [1.807, 2.05) is 0 Å². The predicted octanol–water partition coefficient (Wildman–Crippen LogP) is 7.27. The van der Waals surface area contributed by atoms with E-state index in [9.17, 15) is 0 Å². The van der Waals surface area contributed by atoms with Gasteiger partial charge in [-0.2, -0.15) is 0 Å². The highest BCUT2D eigenvalue weighted by Gasteiger charge is 2.15. The van der Waals surface area contributed by atoms with Gasteiger partial charge in [-0.3, -0.25) is 0 Å². The molecule has 94 valence electrons. The summed E-state index contributed by atoms with van der Waals surface area (Å²) in [6.45, 7) is 0. The first kappa shape index (κ1) is 14.6. The zero-order valence-electron chi connectivity index (χ0n) is 8.58. The monoisotopic (exact) mass is 370 g/mol. The first-order valence-corrected chi connectivity index (χ1v) is 6.97. The summed E-state index contributed by atoms with van der Waals surface area (Å²) >= 11 is 36.0.